The molecule has 2 aromatic carbocycles. The number of aromatic nitrogens is 1. The third-order valence-corrected chi connectivity index (χ3v) is 5.33. The Hall–Kier alpha value is -1.20. The quantitative estimate of drug-likeness (QED) is 0.557. The van der Waals surface area contributed by atoms with Crippen LogP contribution in [0.1, 0.15) is 12.5 Å². The fourth-order valence-electron chi connectivity index (χ4n) is 2.47. The van der Waals surface area contributed by atoms with Gasteiger partial charge in [0.1, 0.15) is 0 Å². The minimum Gasteiger partial charge on any atom is -0.309 e. The Morgan fingerprint density at radius 3 is 2.68 bits per heavy atom. The van der Waals surface area contributed by atoms with Crippen LogP contribution in [0.25, 0.3) is 10.2 Å². The second kappa shape index (κ2) is 6.92. The molecular formula is C17H17ClN2S2. The van der Waals surface area contributed by atoms with Crippen molar-refractivity contribution in [3.8, 4) is 0 Å². The zero-order chi connectivity index (χ0) is 15.5. The van der Waals surface area contributed by atoms with Crippen LogP contribution in [0.2, 0.25) is 5.02 Å². The van der Waals surface area contributed by atoms with Gasteiger partial charge < -0.3 is 4.57 Å². The summed E-state index contributed by atoms with van der Waals surface area (Å²) < 4.78 is 4.25. The lowest BCUT2D eigenvalue weighted by Crippen LogP contribution is -2.25. The fourth-order valence-corrected chi connectivity index (χ4v) is 3.93. The molecule has 1 heterocycles. The molecule has 0 radical (unpaired) electrons. The summed E-state index contributed by atoms with van der Waals surface area (Å²) in [4.78, 5) is 2.37. The number of halogens is 1. The van der Waals surface area contributed by atoms with Gasteiger partial charge in [0.2, 0.25) is 0 Å². The number of fused-ring (bicyclic) bond motifs is 1. The van der Waals surface area contributed by atoms with Crippen LogP contribution in [0.4, 0.5) is 0 Å². The third-order valence-electron chi connectivity index (χ3n) is 3.67. The summed E-state index contributed by atoms with van der Waals surface area (Å²) in [5.41, 5.74) is 2.43. The lowest BCUT2D eigenvalue weighted by molar-refractivity contribution is 0.224. The Kier molecular flexibility index (Phi) is 4.93. The first-order valence-corrected chi connectivity index (χ1v) is 8.83. The highest BCUT2D eigenvalue weighted by atomic mass is 35.5. The van der Waals surface area contributed by atoms with E-state index in [0.29, 0.717) is 0 Å². The van der Waals surface area contributed by atoms with Crippen molar-refractivity contribution >= 4 is 45.4 Å². The molecule has 0 aliphatic rings. The number of hydrogen-bond acceptors (Lipinski definition) is 3. The van der Waals surface area contributed by atoms with Gasteiger partial charge in [-0.15, -0.1) is 11.3 Å². The van der Waals surface area contributed by atoms with Crippen LogP contribution in [0.15, 0.2) is 48.5 Å². The van der Waals surface area contributed by atoms with Gasteiger partial charge in [-0.05, 0) is 42.5 Å². The standard InChI is InChI=1S/C17H17ClN2S2/c1-2-19(11-13-6-4-3-5-7-13)12-20-15-10-14(18)8-9-16(15)22-17(20)21/h3-10H,2,11-12H2,1H3. The number of thiazole rings is 1. The molecule has 0 aliphatic heterocycles. The van der Waals surface area contributed by atoms with Crippen LogP contribution in [-0.4, -0.2) is 16.0 Å². The lowest BCUT2D eigenvalue weighted by Gasteiger charge is -2.21. The third kappa shape index (κ3) is 3.41. The van der Waals surface area contributed by atoms with E-state index < -0.39 is 0 Å². The Labute approximate surface area is 144 Å². The molecule has 114 valence electrons. The smallest absolute Gasteiger partial charge is 0.163 e. The van der Waals surface area contributed by atoms with E-state index in [9.17, 15) is 0 Å². The molecular weight excluding hydrogens is 332 g/mol. The van der Waals surface area contributed by atoms with Gasteiger partial charge in [-0.3, -0.25) is 4.90 Å². The highest BCUT2D eigenvalue weighted by Crippen LogP contribution is 2.26. The van der Waals surface area contributed by atoms with Gasteiger partial charge in [0.15, 0.2) is 3.95 Å². The molecule has 0 atom stereocenters. The van der Waals surface area contributed by atoms with Crippen molar-refractivity contribution in [3.05, 3.63) is 63.1 Å². The molecule has 0 unspecified atom stereocenters. The van der Waals surface area contributed by atoms with Crippen molar-refractivity contribution in [2.45, 2.75) is 20.1 Å². The predicted molar refractivity (Wildman–Crippen MR) is 98.2 cm³/mol. The number of nitrogens with zero attached hydrogens (tertiary/aromatic N) is 2. The van der Waals surface area contributed by atoms with Gasteiger partial charge in [-0.25, -0.2) is 0 Å². The first-order valence-electron chi connectivity index (χ1n) is 7.22. The molecule has 0 N–H and O–H groups in total. The summed E-state index contributed by atoms with van der Waals surface area (Å²) in [6.45, 7) is 4.84. The Balaban J connectivity index is 1.89. The molecule has 3 rings (SSSR count). The largest absolute Gasteiger partial charge is 0.309 e. The summed E-state index contributed by atoms with van der Waals surface area (Å²) in [6.07, 6.45) is 0. The van der Waals surface area contributed by atoms with Crippen molar-refractivity contribution in [1.82, 2.24) is 9.47 Å². The second-order valence-corrected chi connectivity index (χ2v) is 7.29. The highest BCUT2D eigenvalue weighted by molar-refractivity contribution is 7.73. The second-order valence-electron chi connectivity index (χ2n) is 5.18. The summed E-state index contributed by atoms with van der Waals surface area (Å²) >= 11 is 13.3. The van der Waals surface area contributed by atoms with Crippen LogP contribution in [-0.2, 0) is 13.2 Å². The SMILES string of the molecule is CCN(Cc1ccccc1)Cn1c(=S)sc2ccc(Cl)cc21. The van der Waals surface area contributed by atoms with E-state index in [1.54, 1.807) is 11.3 Å². The van der Waals surface area contributed by atoms with Crippen molar-refractivity contribution in [2.75, 3.05) is 6.54 Å². The van der Waals surface area contributed by atoms with E-state index in [0.717, 1.165) is 34.3 Å². The van der Waals surface area contributed by atoms with Crippen LogP contribution < -0.4 is 0 Å². The van der Waals surface area contributed by atoms with Crippen LogP contribution in [0.5, 0.6) is 0 Å². The minimum absolute atomic E-state index is 0.750. The van der Waals surface area contributed by atoms with Gasteiger partial charge in [-0.2, -0.15) is 0 Å². The summed E-state index contributed by atoms with van der Waals surface area (Å²) in [7, 11) is 0. The fraction of sp³-hybridized carbons (Fsp3) is 0.235. The predicted octanol–water partition coefficient (Wildman–Crippen LogP) is 5.57. The summed E-state index contributed by atoms with van der Waals surface area (Å²) in [5.74, 6) is 0. The molecule has 0 bridgehead atoms. The van der Waals surface area contributed by atoms with E-state index in [-0.39, 0.29) is 0 Å². The van der Waals surface area contributed by atoms with Gasteiger partial charge in [-0.1, -0.05) is 48.9 Å². The zero-order valence-corrected chi connectivity index (χ0v) is 14.7. The number of rotatable bonds is 5. The molecule has 0 spiro atoms. The van der Waals surface area contributed by atoms with E-state index in [1.807, 2.05) is 24.3 Å². The molecule has 0 saturated heterocycles. The monoisotopic (exact) mass is 348 g/mol. The molecule has 3 aromatic rings. The average molecular weight is 349 g/mol. The molecule has 0 saturated carbocycles. The molecule has 0 aliphatic carbocycles. The van der Waals surface area contributed by atoms with Gasteiger partial charge in [0, 0.05) is 11.6 Å². The van der Waals surface area contributed by atoms with E-state index >= 15 is 0 Å². The van der Waals surface area contributed by atoms with Crippen molar-refractivity contribution in [1.29, 1.82) is 0 Å². The molecule has 1 aromatic heterocycles. The normalized spacial score (nSPS) is 11.4. The molecule has 5 heteroatoms. The maximum absolute atomic E-state index is 6.14. The minimum atomic E-state index is 0.750. The first kappa shape index (κ1) is 15.7. The van der Waals surface area contributed by atoms with Gasteiger partial charge in [0.05, 0.1) is 16.9 Å². The Morgan fingerprint density at radius 1 is 1.18 bits per heavy atom. The maximum Gasteiger partial charge on any atom is 0.163 e. The van der Waals surface area contributed by atoms with E-state index in [1.165, 1.54) is 10.3 Å². The highest BCUT2D eigenvalue weighted by Gasteiger charge is 2.10. The Bertz CT molecular complexity index is 824. The zero-order valence-electron chi connectivity index (χ0n) is 12.3. The van der Waals surface area contributed by atoms with Crippen LogP contribution in [0.3, 0.4) is 0 Å². The van der Waals surface area contributed by atoms with Crippen molar-refractivity contribution in [2.24, 2.45) is 0 Å². The number of hydrogen-bond donors (Lipinski definition) is 0. The summed E-state index contributed by atoms with van der Waals surface area (Å²) in [6, 6.07) is 16.5. The molecule has 0 fully saturated rings. The van der Waals surface area contributed by atoms with E-state index in [4.69, 9.17) is 23.8 Å². The van der Waals surface area contributed by atoms with Gasteiger partial charge in [0.25, 0.3) is 0 Å². The van der Waals surface area contributed by atoms with Crippen LogP contribution >= 0.6 is 35.2 Å². The van der Waals surface area contributed by atoms with E-state index in [2.05, 4.69) is 40.7 Å². The van der Waals surface area contributed by atoms with Crippen molar-refractivity contribution < 1.29 is 0 Å². The Morgan fingerprint density at radius 2 is 1.95 bits per heavy atom. The molecule has 22 heavy (non-hydrogen) atoms. The summed E-state index contributed by atoms with van der Waals surface area (Å²) in [5, 5.41) is 0.750. The van der Waals surface area contributed by atoms with Gasteiger partial charge >= 0.3 is 0 Å². The number of benzene rings is 2. The van der Waals surface area contributed by atoms with Crippen LogP contribution in [0, 0.1) is 3.95 Å². The average Bonchev–Trinajstić information content (AvgIpc) is 2.83. The first-order chi connectivity index (χ1) is 10.7. The molecule has 2 nitrogen and oxygen atoms in total. The molecule has 0 amide bonds. The lowest BCUT2D eigenvalue weighted by atomic mass is 10.2. The van der Waals surface area contributed by atoms with Crippen molar-refractivity contribution in [3.63, 3.8) is 0 Å². The maximum atomic E-state index is 6.14. The topological polar surface area (TPSA) is 8.17 Å².